The Morgan fingerprint density at radius 3 is 2.90 bits per heavy atom. The van der Waals surface area contributed by atoms with Gasteiger partial charge in [0.1, 0.15) is 5.75 Å². The van der Waals surface area contributed by atoms with Crippen LogP contribution in [0.4, 0.5) is 0 Å². The number of ether oxygens (including phenoxy) is 1. The molecular formula is C8H9BrO. The average Bonchev–Trinajstić information content (AvgIpc) is 2.05. The van der Waals surface area contributed by atoms with Gasteiger partial charge in [0, 0.05) is 5.33 Å². The molecule has 1 nitrogen and oxygen atoms in total. The smallest absolute Gasteiger partial charge is 0.119 e. The Labute approximate surface area is 69.1 Å². The summed E-state index contributed by atoms with van der Waals surface area (Å²) in [6.45, 7) is 0. The lowest BCUT2D eigenvalue weighted by Gasteiger charge is -1.99. The van der Waals surface area contributed by atoms with Crippen LogP contribution in [0.2, 0.25) is 0 Å². The van der Waals surface area contributed by atoms with E-state index in [9.17, 15) is 0 Å². The summed E-state index contributed by atoms with van der Waals surface area (Å²) in [5.74, 6) is 0.914. The first-order valence-corrected chi connectivity index (χ1v) is 4.18. The van der Waals surface area contributed by atoms with Crippen LogP contribution in [0.25, 0.3) is 0 Å². The average molecular weight is 202 g/mol. The normalized spacial score (nSPS) is 9.40. The fraction of sp³-hybridized carbons (Fsp3) is 0.250. The fourth-order valence-corrected chi connectivity index (χ4v) is 1.10. The van der Waals surface area contributed by atoms with Crippen molar-refractivity contribution in [2.75, 3.05) is 7.11 Å². The van der Waals surface area contributed by atoms with E-state index < -0.39 is 0 Å². The van der Waals surface area contributed by atoms with Gasteiger partial charge in [0.25, 0.3) is 0 Å². The standard InChI is InChI=1S/C8H9BrO/c1-10-8-4-2-3-7(5-8)6-9/h2-5H,6H2,1H3/i6+1. The summed E-state index contributed by atoms with van der Waals surface area (Å²) in [5.41, 5.74) is 1.24. The highest BCUT2D eigenvalue weighted by molar-refractivity contribution is 9.08. The summed E-state index contributed by atoms with van der Waals surface area (Å²) in [6, 6.07) is 7.98. The molecule has 1 aromatic carbocycles. The van der Waals surface area contributed by atoms with Gasteiger partial charge >= 0.3 is 0 Å². The molecule has 0 fully saturated rings. The lowest BCUT2D eigenvalue weighted by Crippen LogP contribution is -1.83. The van der Waals surface area contributed by atoms with Crippen LogP contribution >= 0.6 is 15.9 Å². The van der Waals surface area contributed by atoms with Crippen molar-refractivity contribution < 1.29 is 4.74 Å². The zero-order valence-corrected chi connectivity index (χ0v) is 7.39. The van der Waals surface area contributed by atoms with Gasteiger partial charge in [0.2, 0.25) is 0 Å². The van der Waals surface area contributed by atoms with Gasteiger partial charge in [-0.1, -0.05) is 28.1 Å². The van der Waals surface area contributed by atoms with Gasteiger partial charge in [0.15, 0.2) is 0 Å². The van der Waals surface area contributed by atoms with Crippen LogP contribution in [0.3, 0.4) is 0 Å². The van der Waals surface area contributed by atoms with Crippen molar-refractivity contribution >= 4 is 15.9 Å². The van der Waals surface area contributed by atoms with E-state index in [-0.39, 0.29) is 0 Å². The molecule has 0 heterocycles. The Morgan fingerprint density at radius 2 is 2.30 bits per heavy atom. The lowest BCUT2D eigenvalue weighted by atomic mass is 10.3. The largest absolute Gasteiger partial charge is 0.497 e. The Kier molecular flexibility index (Phi) is 2.75. The molecule has 0 atom stereocenters. The third-order valence-corrected chi connectivity index (χ3v) is 1.94. The first-order valence-electron chi connectivity index (χ1n) is 3.05. The minimum absolute atomic E-state index is 0.879. The molecule has 1 aromatic rings. The van der Waals surface area contributed by atoms with Gasteiger partial charge in [-0.3, -0.25) is 0 Å². The molecule has 0 aliphatic rings. The summed E-state index contributed by atoms with van der Waals surface area (Å²) >= 11 is 3.37. The monoisotopic (exact) mass is 201 g/mol. The van der Waals surface area contributed by atoms with E-state index in [4.69, 9.17) is 4.74 Å². The highest BCUT2D eigenvalue weighted by Crippen LogP contribution is 2.14. The van der Waals surface area contributed by atoms with Gasteiger partial charge in [-0.05, 0) is 17.7 Å². The minimum Gasteiger partial charge on any atom is -0.497 e. The second kappa shape index (κ2) is 3.62. The summed E-state index contributed by atoms with van der Waals surface area (Å²) < 4.78 is 5.04. The minimum atomic E-state index is 0.879. The molecule has 0 aliphatic heterocycles. The van der Waals surface area contributed by atoms with Gasteiger partial charge < -0.3 is 4.74 Å². The third kappa shape index (κ3) is 1.74. The lowest BCUT2D eigenvalue weighted by molar-refractivity contribution is 0.414. The van der Waals surface area contributed by atoms with Crippen molar-refractivity contribution in [1.82, 2.24) is 0 Å². The number of halogens is 1. The Hall–Kier alpha value is -0.500. The molecule has 0 unspecified atom stereocenters. The molecule has 1 rings (SSSR count). The number of hydrogen-bond donors (Lipinski definition) is 0. The van der Waals surface area contributed by atoms with E-state index in [2.05, 4.69) is 22.0 Å². The van der Waals surface area contributed by atoms with E-state index in [1.807, 2.05) is 18.2 Å². The third-order valence-electron chi connectivity index (χ3n) is 1.29. The molecule has 0 amide bonds. The second-order valence-electron chi connectivity index (χ2n) is 1.99. The van der Waals surface area contributed by atoms with E-state index in [0.717, 1.165) is 11.1 Å². The predicted molar refractivity (Wildman–Crippen MR) is 45.6 cm³/mol. The van der Waals surface area contributed by atoms with E-state index in [1.165, 1.54) is 5.56 Å². The molecule has 0 N–H and O–H groups in total. The first-order chi connectivity index (χ1) is 4.86. The van der Waals surface area contributed by atoms with Crippen LogP contribution in [0, 0.1) is 0 Å². The van der Waals surface area contributed by atoms with Crippen molar-refractivity contribution in [1.29, 1.82) is 0 Å². The fourth-order valence-electron chi connectivity index (χ4n) is 0.756. The number of benzene rings is 1. The molecular weight excluding hydrogens is 193 g/mol. The predicted octanol–water partition coefficient (Wildman–Crippen LogP) is 2.59. The Morgan fingerprint density at radius 1 is 1.50 bits per heavy atom. The molecule has 0 saturated heterocycles. The van der Waals surface area contributed by atoms with Gasteiger partial charge in [-0.15, -0.1) is 0 Å². The van der Waals surface area contributed by atoms with Crippen molar-refractivity contribution in [3.63, 3.8) is 0 Å². The maximum Gasteiger partial charge on any atom is 0.119 e. The molecule has 0 bridgehead atoms. The van der Waals surface area contributed by atoms with Crippen LogP contribution in [-0.4, -0.2) is 7.11 Å². The quantitative estimate of drug-likeness (QED) is 0.529. The number of methoxy groups -OCH3 is 1. The summed E-state index contributed by atoms with van der Waals surface area (Å²) in [4.78, 5) is 0. The van der Waals surface area contributed by atoms with Gasteiger partial charge in [0.05, 0.1) is 7.11 Å². The molecule has 54 valence electrons. The van der Waals surface area contributed by atoms with E-state index >= 15 is 0 Å². The SMILES string of the molecule is COc1cccc([13CH2]Br)c1. The van der Waals surface area contributed by atoms with Crippen LogP contribution in [0.15, 0.2) is 24.3 Å². The molecule has 2 heteroatoms. The summed E-state index contributed by atoms with van der Waals surface area (Å²) in [7, 11) is 1.67. The van der Waals surface area contributed by atoms with Crippen molar-refractivity contribution in [3.05, 3.63) is 29.8 Å². The number of alkyl halides is 1. The molecule has 0 spiro atoms. The number of hydrogen-bond acceptors (Lipinski definition) is 1. The van der Waals surface area contributed by atoms with Crippen molar-refractivity contribution in [3.8, 4) is 5.75 Å². The zero-order chi connectivity index (χ0) is 7.40. The summed E-state index contributed by atoms with van der Waals surface area (Å²) in [6.07, 6.45) is 0. The van der Waals surface area contributed by atoms with Crippen LogP contribution in [-0.2, 0) is 5.33 Å². The van der Waals surface area contributed by atoms with Crippen LogP contribution in [0.1, 0.15) is 5.56 Å². The van der Waals surface area contributed by atoms with Crippen LogP contribution < -0.4 is 4.74 Å². The maximum absolute atomic E-state index is 5.04. The zero-order valence-electron chi connectivity index (χ0n) is 5.80. The van der Waals surface area contributed by atoms with Crippen molar-refractivity contribution in [2.24, 2.45) is 0 Å². The molecule has 0 aromatic heterocycles. The molecule has 0 radical (unpaired) electrons. The highest BCUT2D eigenvalue weighted by Gasteiger charge is 1.91. The number of rotatable bonds is 2. The van der Waals surface area contributed by atoms with Gasteiger partial charge in [-0.25, -0.2) is 0 Å². The molecule has 10 heavy (non-hydrogen) atoms. The Balaban J connectivity index is 2.87. The highest BCUT2D eigenvalue weighted by atomic mass is 79.9. The summed E-state index contributed by atoms with van der Waals surface area (Å²) in [5, 5.41) is 0.879. The molecule has 0 aliphatic carbocycles. The van der Waals surface area contributed by atoms with E-state index in [1.54, 1.807) is 7.11 Å². The Bertz CT molecular complexity index is 191. The topological polar surface area (TPSA) is 9.23 Å². The maximum atomic E-state index is 5.04. The van der Waals surface area contributed by atoms with Gasteiger partial charge in [-0.2, -0.15) is 0 Å². The van der Waals surface area contributed by atoms with Crippen molar-refractivity contribution in [2.45, 2.75) is 5.33 Å². The van der Waals surface area contributed by atoms with Crippen LogP contribution in [0.5, 0.6) is 5.75 Å². The first kappa shape index (κ1) is 7.61. The molecule has 0 saturated carbocycles. The second-order valence-corrected chi connectivity index (χ2v) is 2.55. The van der Waals surface area contributed by atoms with E-state index in [0.29, 0.717) is 0 Å².